The number of hydrogen-bond donors (Lipinski definition) is 0. The molecule has 244 valence electrons. The molecule has 0 spiro atoms. The second kappa shape index (κ2) is 20.4. The Kier molecular flexibility index (Phi) is 15.3. The first-order valence-electron chi connectivity index (χ1n) is 16.5. The van der Waals surface area contributed by atoms with Gasteiger partial charge in [0.1, 0.15) is 0 Å². The average Bonchev–Trinajstić information content (AvgIpc) is 3.19. The van der Waals surface area contributed by atoms with E-state index in [4.69, 9.17) is 0 Å². The molecular formula is C45H40IrN3. The number of rotatable bonds is 8. The molecule has 0 saturated heterocycles. The van der Waals surface area contributed by atoms with E-state index in [-0.39, 0.29) is 20.1 Å². The van der Waals surface area contributed by atoms with Crippen molar-refractivity contribution in [2.24, 2.45) is 0 Å². The molecule has 0 N–H and O–H groups in total. The van der Waals surface area contributed by atoms with Crippen LogP contribution in [-0.2, 0) is 32.9 Å². The smallest absolute Gasteiger partial charge is 0.305 e. The molecule has 4 heteroatoms. The van der Waals surface area contributed by atoms with Gasteiger partial charge >= 0.3 is 20.1 Å². The summed E-state index contributed by atoms with van der Waals surface area (Å²) in [6, 6.07) is 58.4. The predicted molar refractivity (Wildman–Crippen MR) is 198 cm³/mol. The van der Waals surface area contributed by atoms with Crippen molar-refractivity contribution in [3.8, 4) is 33.8 Å². The molecular weight excluding hydrogens is 775 g/mol. The Balaban J connectivity index is 0.000000181. The first-order chi connectivity index (χ1) is 23.7. The van der Waals surface area contributed by atoms with E-state index < -0.39 is 0 Å². The van der Waals surface area contributed by atoms with E-state index in [2.05, 4.69) is 89.5 Å². The molecule has 3 nitrogen and oxygen atoms in total. The fourth-order valence-corrected chi connectivity index (χ4v) is 4.98. The number of hydrogen-bond acceptors (Lipinski definition) is 3. The van der Waals surface area contributed by atoms with Gasteiger partial charge in [0, 0.05) is 18.6 Å². The van der Waals surface area contributed by atoms with Crippen molar-refractivity contribution in [2.75, 3.05) is 0 Å². The fraction of sp³-hybridized carbons (Fsp3) is 0.133. The van der Waals surface area contributed by atoms with Gasteiger partial charge in [-0.1, -0.05) is 80.9 Å². The van der Waals surface area contributed by atoms with Crippen molar-refractivity contribution < 1.29 is 20.1 Å². The van der Waals surface area contributed by atoms with Gasteiger partial charge in [0.05, 0.1) is 0 Å². The summed E-state index contributed by atoms with van der Waals surface area (Å²) in [5, 5.41) is 0. The monoisotopic (exact) mass is 815 g/mol. The maximum absolute atomic E-state index is 4.37. The Morgan fingerprint density at radius 3 is 1.33 bits per heavy atom. The molecule has 4 aromatic carbocycles. The summed E-state index contributed by atoms with van der Waals surface area (Å²) in [6.45, 7) is 4.53. The Morgan fingerprint density at radius 2 is 0.939 bits per heavy atom. The van der Waals surface area contributed by atoms with Crippen LogP contribution in [0.2, 0.25) is 0 Å². The van der Waals surface area contributed by atoms with Crippen molar-refractivity contribution in [1.82, 2.24) is 15.0 Å². The molecule has 0 saturated carbocycles. The van der Waals surface area contributed by atoms with E-state index in [9.17, 15) is 0 Å². The van der Waals surface area contributed by atoms with Gasteiger partial charge in [-0.3, -0.25) is 0 Å². The number of nitrogens with zero attached hydrogens (tertiary/aromatic N) is 3. The molecule has 0 bridgehead atoms. The summed E-state index contributed by atoms with van der Waals surface area (Å²) in [5.74, 6) is 0.646. The zero-order valence-corrected chi connectivity index (χ0v) is 30.4. The van der Waals surface area contributed by atoms with Crippen LogP contribution in [0.4, 0.5) is 0 Å². The third-order valence-electron chi connectivity index (χ3n) is 7.98. The molecule has 7 rings (SSSR count). The van der Waals surface area contributed by atoms with Crippen LogP contribution in [0.15, 0.2) is 164 Å². The van der Waals surface area contributed by atoms with Crippen molar-refractivity contribution in [3.63, 3.8) is 0 Å². The largest absolute Gasteiger partial charge is 3.00 e. The van der Waals surface area contributed by atoms with Crippen molar-refractivity contribution >= 4 is 0 Å². The Labute approximate surface area is 305 Å². The molecule has 0 amide bonds. The minimum Gasteiger partial charge on any atom is -0.305 e. The van der Waals surface area contributed by atoms with E-state index in [0.29, 0.717) is 5.92 Å². The second-order valence-electron chi connectivity index (χ2n) is 11.4. The van der Waals surface area contributed by atoms with Crippen molar-refractivity contribution in [3.05, 3.63) is 199 Å². The summed E-state index contributed by atoms with van der Waals surface area (Å²) in [4.78, 5) is 12.8. The van der Waals surface area contributed by atoms with E-state index in [1.165, 1.54) is 23.1 Å². The number of pyridine rings is 3. The second-order valence-corrected chi connectivity index (χ2v) is 11.4. The van der Waals surface area contributed by atoms with Gasteiger partial charge in [0.15, 0.2) is 0 Å². The molecule has 49 heavy (non-hydrogen) atoms. The summed E-state index contributed by atoms with van der Waals surface area (Å²) in [7, 11) is 0. The normalized spacial score (nSPS) is 10.7. The fourth-order valence-electron chi connectivity index (χ4n) is 4.98. The van der Waals surface area contributed by atoms with Crippen LogP contribution in [0, 0.1) is 18.2 Å². The van der Waals surface area contributed by atoms with Crippen molar-refractivity contribution in [1.29, 1.82) is 0 Å². The molecule has 0 aliphatic heterocycles. The zero-order chi connectivity index (χ0) is 33.2. The Bertz CT molecular complexity index is 1720. The third-order valence-corrected chi connectivity index (χ3v) is 7.98. The topological polar surface area (TPSA) is 38.7 Å². The predicted octanol–water partition coefficient (Wildman–Crippen LogP) is 10.9. The molecule has 1 atom stereocenters. The Hall–Kier alpha value is -5.02. The molecule has 3 aromatic heterocycles. The quantitative estimate of drug-likeness (QED) is 0.143. The van der Waals surface area contributed by atoms with E-state index in [1.807, 2.05) is 109 Å². The standard InChI is InChI=1S/C23H24N.2C11H8N.Ir/c1-3-18(2)21-13-9-19(10-14-21)7-8-20-11-15-22(16-12-20)23-6-4-5-17-24-23;2*1-2-6-10(7-3-1)11-8-4-5-9-12-11;/h4-6,9-15,17-18H,3,7-8H2,1-2H3;2*1-6,8-9H;/q3*-1;+3. The summed E-state index contributed by atoms with van der Waals surface area (Å²) in [6.07, 6.45) is 8.70. The maximum atomic E-state index is 4.37. The molecule has 0 aliphatic carbocycles. The molecule has 0 fully saturated rings. The van der Waals surface area contributed by atoms with Crippen LogP contribution < -0.4 is 0 Å². The summed E-state index contributed by atoms with van der Waals surface area (Å²) in [5.41, 5.74) is 10.2. The summed E-state index contributed by atoms with van der Waals surface area (Å²) < 4.78 is 0. The van der Waals surface area contributed by atoms with E-state index in [1.54, 1.807) is 12.4 Å². The van der Waals surface area contributed by atoms with Crippen LogP contribution >= 0.6 is 0 Å². The summed E-state index contributed by atoms with van der Waals surface area (Å²) >= 11 is 0. The SMILES string of the molecule is CCC(C)c1ccc(CCc2c[c-]c(-c3ccccn3)cc2)cc1.[Ir+3].[c-]1ccccc1-c1ccccn1.[c-]1ccccc1-c1ccccn1. The van der Waals surface area contributed by atoms with E-state index in [0.717, 1.165) is 46.6 Å². The third kappa shape index (κ3) is 11.9. The van der Waals surface area contributed by atoms with Crippen LogP contribution in [0.5, 0.6) is 0 Å². The first-order valence-corrected chi connectivity index (χ1v) is 16.5. The van der Waals surface area contributed by atoms with Crippen LogP contribution in [0.1, 0.15) is 42.9 Å². The number of benzene rings is 4. The van der Waals surface area contributed by atoms with Crippen LogP contribution in [-0.4, -0.2) is 15.0 Å². The number of aromatic nitrogens is 3. The van der Waals surface area contributed by atoms with Gasteiger partial charge < -0.3 is 15.0 Å². The maximum Gasteiger partial charge on any atom is 3.00 e. The van der Waals surface area contributed by atoms with E-state index >= 15 is 0 Å². The molecule has 3 heterocycles. The molecule has 0 radical (unpaired) electrons. The molecule has 7 aromatic rings. The van der Waals surface area contributed by atoms with Gasteiger partial charge in [-0.15, -0.1) is 107 Å². The minimum absolute atomic E-state index is 0. The van der Waals surface area contributed by atoms with Crippen molar-refractivity contribution in [2.45, 2.75) is 39.0 Å². The van der Waals surface area contributed by atoms with Gasteiger partial charge in [0.2, 0.25) is 0 Å². The molecule has 0 aliphatic rings. The zero-order valence-electron chi connectivity index (χ0n) is 28.0. The van der Waals surface area contributed by atoms with Gasteiger partial charge in [-0.2, -0.15) is 0 Å². The number of aryl methyl sites for hydroxylation is 2. The van der Waals surface area contributed by atoms with Crippen LogP contribution in [0.3, 0.4) is 0 Å². The van der Waals surface area contributed by atoms with Gasteiger partial charge in [0.25, 0.3) is 0 Å². The Morgan fingerprint density at radius 1 is 0.490 bits per heavy atom. The van der Waals surface area contributed by atoms with Gasteiger partial charge in [-0.05, 0) is 65.2 Å². The average molecular weight is 815 g/mol. The first kappa shape index (κ1) is 36.8. The molecule has 1 unspecified atom stereocenters. The minimum atomic E-state index is 0. The van der Waals surface area contributed by atoms with Gasteiger partial charge in [-0.25, -0.2) is 0 Å². The van der Waals surface area contributed by atoms with Crippen LogP contribution in [0.25, 0.3) is 33.8 Å².